The van der Waals surface area contributed by atoms with Gasteiger partial charge in [0.1, 0.15) is 0 Å². The Labute approximate surface area is 125 Å². The number of rotatable bonds is 5. The van der Waals surface area contributed by atoms with Crippen LogP contribution in [0.5, 0.6) is 0 Å². The maximum atomic E-state index is 11.8. The first-order valence-electron chi connectivity index (χ1n) is 7.07. The molecular weight excluding hydrogens is 262 g/mol. The average molecular weight is 283 g/mol. The Morgan fingerprint density at radius 1 is 1.10 bits per heavy atom. The third-order valence-electron chi connectivity index (χ3n) is 3.28. The van der Waals surface area contributed by atoms with E-state index in [0.717, 1.165) is 16.8 Å². The highest BCUT2D eigenvalue weighted by Gasteiger charge is 2.06. The zero-order valence-corrected chi connectivity index (χ0v) is 12.2. The third-order valence-corrected chi connectivity index (χ3v) is 3.28. The number of hydrogen-bond donors (Lipinski definition) is 3. The molecule has 1 unspecified atom stereocenters. The van der Waals surface area contributed by atoms with Crippen LogP contribution < -0.4 is 16.4 Å². The monoisotopic (exact) mass is 283 g/mol. The minimum atomic E-state index is -0.209. The topological polar surface area (TPSA) is 67.2 Å². The first-order chi connectivity index (χ1) is 10.1. The smallest absolute Gasteiger partial charge is 0.319 e. The molecule has 0 bridgehead atoms. The predicted octanol–water partition coefficient (Wildman–Crippen LogP) is 3.21. The van der Waals surface area contributed by atoms with E-state index < -0.39 is 0 Å². The van der Waals surface area contributed by atoms with Crippen LogP contribution in [0.3, 0.4) is 0 Å². The van der Waals surface area contributed by atoms with Gasteiger partial charge >= 0.3 is 6.03 Å². The van der Waals surface area contributed by atoms with E-state index >= 15 is 0 Å². The lowest BCUT2D eigenvalue weighted by molar-refractivity contribution is 0.251. The Morgan fingerprint density at radius 3 is 2.43 bits per heavy atom. The molecule has 2 rings (SSSR count). The van der Waals surface area contributed by atoms with E-state index in [1.165, 1.54) is 0 Å². The van der Waals surface area contributed by atoms with Gasteiger partial charge in [-0.25, -0.2) is 4.79 Å². The van der Waals surface area contributed by atoms with Crippen molar-refractivity contribution in [2.24, 2.45) is 5.73 Å². The third kappa shape index (κ3) is 4.93. The Bertz CT molecular complexity index is 566. The van der Waals surface area contributed by atoms with Gasteiger partial charge in [0.25, 0.3) is 0 Å². The second-order valence-corrected chi connectivity index (χ2v) is 5.05. The van der Waals surface area contributed by atoms with Gasteiger partial charge in [-0.3, -0.25) is 0 Å². The number of urea groups is 1. The van der Waals surface area contributed by atoms with Crippen molar-refractivity contribution in [3.63, 3.8) is 0 Å². The zero-order valence-electron chi connectivity index (χ0n) is 12.2. The van der Waals surface area contributed by atoms with Crippen molar-refractivity contribution in [3.05, 3.63) is 65.7 Å². The maximum Gasteiger partial charge on any atom is 0.319 e. The molecule has 0 radical (unpaired) electrons. The maximum absolute atomic E-state index is 11.8. The number of benzene rings is 2. The predicted molar refractivity (Wildman–Crippen MR) is 86.2 cm³/mol. The van der Waals surface area contributed by atoms with E-state index in [-0.39, 0.29) is 12.1 Å². The first-order valence-corrected chi connectivity index (χ1v) is 7.07. The summed E-state index contributed by atoms with van der Waals surface area (Å²) >= 11 is 0. The largest absolute Gasteiger partial charge is 0.338 e. The van der Waals surface area contributed by atoms with Gasteiger partial charge in [0.15, 0.2) is 0 Å². The van der Waals surface area contributed by atoms with Crippen LogP contribution in [0.4, 0.5) is 10.5 Å². The van der Waals surface area contributed by atoms with Crippen molar-refractivity contribution in [2.75, 3.05) is 11.9 Å². The van der Waals surface area contributed by atoms with E-state index in [2.05, 4.69) is 10.6 Å². The Kier molecular flexibility index (Phi) is 5.35. The van der Waals surface area contributed by atoms with Crippen LogP contribution in [0.2, 0.25) is 0 Å². The lowest BCUT2D eigenvalue weighted by Gasteiger charge is -2.13. The summed E-state index contributed by atoms with van der Waals surface area (Å²) < 4.78 is 0. The molecule has 0 aromatic heterocycles. The van der Waals surface area contributed by atoms with E-state index in [9.17, 15) is 4.79 Å². The number of carbonyl (C=O) groups excluding carboxylic acids is 1. The summed E-state index contributed by atoms with van der Waals surface area (Å²) in [5.74, 6) is 0. The molecule has 4 nitrogen and oxygen atoms in total. The van der Waals surface area contributed by atoms with Crippen LogP contribution >= 0.6 is 0 Å². The van der Waals surface area contributed by atoms with Crippen molar-refractivity contribution in [2.45, 2.75) is 19.4 Å². The van der Waals surface area contributed by atoms with E-state index in [0.29, 0.717) is 13.0 Å². The Morgan fingerprint density at radius 2 is 1.76 bits per heavy atom. The van der Waals surface area contributed by atoms with Gasteiger partial charge in [-0.2, -0.15) is 0 Å². The van der Waals surface area contributed by atoms with Gasteiger partial charge in [0, 0.05) is 18.3 Å². The Balaban J connectivity index is 1.73. The molecule has 2 aromatic carbocycles. The van der Waals surface area contributed by atoms with E-state index in [4.69, 9.17) is 5.73 Å². The average Bonchev–Trinajstić information content (AvgIpc) is 2.50. The molecule has 0 saturated carbocycles. The molecule has 0 saturated heterocycles. The number of aryl methyl sites for hydroxylation is 1. The van der Waals surface area contributed by atoms with Gasteiger partial charge in [0.05, 0.1) is 0 Å². The van der Waals surface area contributed by atoms with Gasteiger partial charge < -0.3 is 16.4 Å². The van der Waals surface area contributed by atoms with Gasteiger partial charge in [-0.1, -0.05) is 48.0 Å². The van der Waals surface area contributed by atoms with Crippen molar-refractivity contribution in [3.8, 4) is 0 Å². The van der Waals surface area contributed by atoms with Crippen molar-refractivity contribution in [1.29, 1.82) is 0 Å². The molecule has 4 heteroatoms. The zero-order chi connectivity index (χ0) is 15.1. The number of hydrogen-bond acceptors (Lipinski definition) is 2. The van der Waals surface area contributed by atoms with Crippen LogP contribution in [0.15, 0.2) is 54.6 Å². The molecule has 21 heavy (non-hydrogen) atoms. The molecule has 0 spiro atoms. The molecule has 4 N–H and O–H groups in total. The molecule has 0 fully saturated rings. The van der Waals surface area contributed by atoms with Gasteiger partial charge in [0.2, 0.25) is 0 Å². The van der Waals surface area contributed by atoms with Crippen molar-refractivity contribution in [1.82, 2.24) is 5.32 Å². The molecule has 110 valence electrons. The van der Waals surface area contributed by atoms with Gasteiger partial charge in [-0.05, 0) is 31.0 Å². The standard InChI is InChI=1S/C17H21N3O/c1-13-7-9-15(10-8-13)20-17(21)19-12-11-16(18)14-5-3-2-4-6-14/h2-10,16H,11-12,18H2,1H3,(H2,19,20,21). The molecular formula is C17H21N3O. The molecule has 0 aliphatic rings. The summed E-state index contributed by atoms with van der Waals surface area (Å²) in [6, 6.07) is 17.3. The quantitative estimate of drug-likeness (QED) is 0.788. The summed E-state index contributed by atoms with van der Waals surface area (Å²) in [6.07, 6.45) is 0.700. The van der Waals surface area contributed by atoms with E-state index in [1.54, 1.807) is 0 Å². The van der Waals surface area contributed by atoms with Crippen molar-refractivity contribution < 1.29 is 4.79 Å². The lowest BCUT2D eigenvalue weighted by Crippen LogP contribution is -2.31. The fraction of sp³-hybridized carbons (Fsp3) is 0.235. The van der Waals surface area contributed by atoms with Crippen LogP contribution in [-0.2, 0) is 0 Å². The number of nitrogens with one attached hydrogen (secondary N) is 2. The number of amides is 2. The number of anilines is 1. The summed E-state index contributed by atoms with van der Waals surface area (Å²) in [4.78, 5) is 11.8. The van der Waals surface area contributed by atoms with Gasteiger partial charge in [-0.15, -0.1) is 0 Å². The van der Waals surface area contributed by atoms with Crippen LogP contribution in [0, 0.1) is 6.92 Å². The Hall–Kier alpha value is -2.33. The normalized spacial score (nSPS) is 11.7. The van der Waals surface area contributed by atoms with Crippen LogP contribution in [0.1, 0.15) is 23.6 Å². The summed E-state index contributed by atoms with van der Waals surface area (Å²) in [5.41, 5.74) is 9.11. The number of nitrogens with two attached hydrogens (primary N) is 1. The SMILES string of the molecule is Cc1ccc(NC(=O)NCCC(N)c2ccccc2)cc1. The second kappa shape index (κ2) is 7.45. The highest BCUT2D eigenvalue weighted by Crippen LogP contribution is 2.12. The minimum absolute atomic E-state index is 0.0640. The molecule has 2 amide bonds. The lowest BCUT2D eigenvalue weighted by atomic mass is 10.1. The minimum Gasteiger partial charge on any atom is -0.338 e. The summed E-state index contributed by atoms with van der Waals surface area (Å²) in [5, 5.41) is 5.61. The summed E-state index contributed by atoms with van der Waals surface area (Å²) in [7, 11) is 0. The van der Waals surface area contributed by atoms with Crippen molar-refractivity contribution >= 4 is 11.7 Å². The first kappa shape index (κ1) is 15.1. The molecule has 0 aliphatic heterocycles. The molecule has 1 atom stereocenters. The fourth-order valence-electron chi connectivity index (χ4n) is 2.02. The highest BCUT2D eigenvalue weighted by atomic mass is 16.2. The number of carbonyl (C=O) groups is 1. The summed E-state index contributed by atoms with van der Waals surface area (Å²) in [6.45, 7) is 2.54. The highest BCUT2D eigenvalue weighted by molar-refractivity contribution is 5.89. The molecule has 0 aliphatic carbocycles. The second-order valence-electron chi connectivity index (χ2n) is 5.05. The molecule has 0 heterocycles. The van der Waals surface area contributed by atoms with Crippen LogP contribution in [-0.4, -0.2) is 12.6 Å². The van der Waals surface area contributed by atoms with E-state index in [1.807, 2.05) is 61.5 Å². The fourth-order valence-corrected chi connectivity index (χ4v) is 2.02. The van der Waals surface area contributed by atoms with Crippen LogP contribution in [0.25, 0.3) is 0 Å². The molecule has 2 aromatic rings.